The third kappa shape index (κ3) is 2.45. The van der Waals surface area contributed by atoms with Crippen LogP contribution in [-0.2, 0) is 0 Å². The van der Waals surface area contributed by atoms with Gasteiger partial charge in [-0.2, -0.15) is 0 Å². The molecule has 0 unspecified atom stereocenters. The fraction of sp³-hybridized carbons (Fsp3) is 0.267. The van der Waals surface area contributed by atoms with Gasteiger partial charge in [0.05, 0.1) is 5.39 Å². The van der Waals surface area contributed by atoms with E-state index in [0.717, 1.165) is 40.7 Å². The number of nitrogens with two attached hydrogens (primary N) is 1. The molecule has 2 heterocycles. The van der Waals surface area contributed by atoms with Crippen LogP contribution in [-0.4, -0.2) is 33.8 Å². The van der Waals surface area contributed by atoms with Crippen LogP contribution in [0.4, 0.5) is 5.82 Å². The van der Waals surface area contributed by atoms with Gasteiger partial charge in [0.25, 0.3) is 0 Å². The average molecular weight is 283 g/mol. The van der Waals surface area contributed by atoms with Crippen LogP contribution < -0.4 is 11.1 Å². The number of rotatable bonds is 5. The van der Waals surface area contributed by atoms with Crippen molar-refractivity contribution in [1.82, 2.24) is 15.0 Å². The summed E-state index contributed by atoms with van der Waals surface area (Å²) in [7, 11) is 0. The first kappa shape index (κ1) is 13.5. The van der Waals surface area contributed by atoms with Crippen LogP contribution in [0.3, 0.4) is 0 Å². The third-order valence-corrected chi connectivity index (χ3v) is 3.47. The molecule has 0 bridgehead atoms. The molecule has 3 rings (SSSR count). The van der Waals surface area contributed by atoms with E-state index in [1.807, 2.05) is 18.2 Å². The van der Waals surface area contributed by atoms with Gasteiger partial charge in [-0.3, -0.25) is 4.79 Å². The van der Waals surface area contributed by atoms with Crippen molar-refractivity contribution in [2.24, 2.45) is 5.73 Å². The Labute approximate surface area is 121 Å². The molecule has 1 aromatic carbocycles. The lowest BCUT2D eigenvalue weighted by Crippen LogP contribution is -2.09. The number of nitrogens with one attached hydrogen (secondary N) is 2. The first-order chi connectivity index (χ1) is 10.2. The van der Waals surface area contributed by atoms with Crippen molar-refractivity contribution in [3.63, 3.8) is 0 Å². The Morgan fingerprint density at radius 3 is 3.00 bits per heavy atom. The summed E-state index contributed by atoms with van der Waals surface area (Å²) in [6, 6.07) is 5.60. The molecule has 0 aliphatic carbocycles. The maximum Gasteiger partial charge on any atom is 0.159 e. The van der Waals surface area contributed by atoms with Crippen molar-refractivity contribution in [2.75, 3.05) is 18.4 Å². The average Bonchev–Trinajstić information content (AvgIpc) is 2.85. The Morgan fingerprint density at radius 2 is 2.24 bits per heavy atom. The molecule has 0 spiro atoms. The van der Waals surface area contributed by atoms with E-state index in [-0.39, 0.29) is 5.78 Å². The number of H-pyrrole nitrogens is 1. The summed E-state index contributed by atoms with van der Waals surface area (Å²) in [5.74, 6) is 0.807. The van der Waals surface area contributed by atoms with Crippen LogP contribution in [0.2, 0.25) is 0 Å². The second-order valence-corrected chi connectivity index (χ2v) is 4.96. The molecule has 0 fully saturated rings. The molecule has 6 heteroatoms. The number of hydrogen-bond donors (Lipinski definition) is 3. The quantitative estimate of drug-likeness (QED) is 0.492. The summed E-state index contributed by atoms with van der Waals surface area (Å²) in [4.78, 5) is 23.4. The van der Waals surface area contributed by atoms with E-state index in [1.54, 1.807) is 6.92 Å². The number of anilines is 1. The van der Waals surface area contributed by atoms with Crippen LogP contribution in [0, 0.1) is 0 Å². The summed E-state index contributed by atoms with van der Waals surface area (Å²) in [6.07, 6.45) is 2.39. The molecular formula is C15H17N5O. The van der Waals surface area contributed by atoms with Crippen molar-refractivity contribution in [3.05, 3.63) is 30.1 Å². The molecule has 0 radical (unpaired) electrons. The van der Waals surface area contributed by atoms with E-state index >= 15 is 0 Å². The third-order valence-electron chi connectivity index (χ3n) is 3.47. The molecule has 0 atom stereocenters. The molecule has 21 heavy (non-hydrogen) atoms. The molecule has 108 valence electrons. The second kappa shape index (κ2) is 5.49. The van der Waals surface area contributed by atoms with Gasteiger partial charge in [-0.25, -0.2) is 9.97 Å². The summed E-state index contributed by atoms with van der Waals surface area (Å²) in [5.41, 5.74) is 7.90. The van der Waals surface area contributed by atoms with Gasteiger partial charge in [-0.1, -0.05) is 0 Å². The molecule has 0 amide bonds. The topological polar surface area (TPSA) is 96.7 Å². The number of carbonyl (C=O) groups excluding carboxylic acids is 1. The molecule has 2 aromatic heterocycles. The van der Waals surface area contributed by atoms with Gasteiger partial charge in [0.15, 0.2) is 5.78 Å². The lowest BCUT2D eigenvalue weighted by atomic mass is 10.1. The fourth-order valence-electron chi connectivity index (χ4n) is 2.39. The van der Waals surface area contributed by atoms with Crippen LogP contribution >= 0.6 is 0 Å². The van der Waals surface area contributed by atoms with E-state index in [9.17, 15) is 4.79 Å². The Balaban J connectivity index is 2.17. The van der Waals surface area contributed by atoms with Crippen LogP contribution in [0.25, 0.3) is 21.9 Å². The lowest BCUT2D eigenvalue weighted by Gasteiger charge is -2.05. The predicted molar refractivity (Wildman–Crippen MR) is 83.6 cm³/mol. The minimum absolute atomic E-state index is 0.0424. The summed E-state index contributed by atoms with van der Waals surface area (Å²) < 4.78 is 0. The van der Waals surface area contributed by atoms with Crippen molar-refractivity contribution in [3.8, 4) is 0 Å². The first-order valence-corrected chi connectivity index (χ1v) is 6.92. The molecule has 3 aromatic rings. The first-order valence-electron chi connectivity index (χ1n) is 6.92. The minimum atomic E-state index is 0.0424. The number of aromatic nitrogens is 3. The maximum absolute atomic E-state index is 11.6. The Hall–Kier alpha value is -2.47. The maximum atomic E-state index is 11.6. The van der Waals surface area contributed by atoms with Gasteiger partial charge >= 0.3 is 0 Å². The molecule has 0 aliphatic heterocycles. The SMILES string of the molecule is CC(=O)c1ccc2[nH]c3ncnc(NCCCN)c3c2c1. The van der Waals surface area contributed by atoms with E-state index in [1.165, 1.54) is 6.33 Å². The number of nitrogens with zero attached hydrogens (tertiary/aromatic N) is 2. The van der Waals surface area contributed by atoms with Gasteiger partial charge in [-0.15, -0.1) is 0 Å². The highest BCUT2D eigenvalue weighted by Crippen LogP contribution is 2.29. The van der Waals surface area contributed by atoms with Gasteiger partial charge < -0.3 is 16.0 Å². The summed E-state index contributed by atoms with van der Waals surface area (Å²) in [5, 5.41) is 5.14. The van der Waals surface area contributed by atoms with Gasteiger partial charge in [0.2, 0.25) is 0 Å². The van der Waals surface area contributed by atoms with Gasteiger partial charge in [0, 0.05) is 23.0 Å². The number of aromatic amines is 1. The Morgan fingerprint density at radius 1 is 1.38 bits per heavy atom. The van der Waals surface area contributed by atoms with Crippen molar-refractivity contribution >= 4 is 33.5 Å². The molecule has 6 nitrogen and oxygen atoms in total. The highest BCUT2D eigenvalue weighted by Gasteiger charge is 2.12. The van der Waals surface area contributed by atoms with Crippen LogP contribution in [0.5, 0.6) is 0 Å². The van der Waals surface area contributed by atoms with Crippen LogP contribution in [0.15, 0.2) is 24.5 Å². The highest BCUT2D eigenvalue weighted by atomic mass is 16.1. The molecule has 0 saturated carbocycles. The monoisotopic (exact) mass is 283 g/mol. The minimum Gasteiger partial charge on any atom is -0.369 e. The smallest absolute Gasteiger partial charge is 0.159 e. The normalized spacial score (nSPS) is 11.1. The standard InChI is InChI=1S/C15H17N5O/c1-9(21)10-3-4-12-11(7-10)13-14(17-6-2-5-16)18-8-19-15(13)20-12/h3-4,7-8H,2,5-6,16H2,1H3,(H2,17,18,19,20). The lowest BCUT2D eigenvalue weighted by molar-refractivity contribution is 0.101. The zero-order valence-electron chi connectivity index (χ0n) is 11.8. The summed E-state index contributed by atoms with van der Waals surface area (Å²) >= 11 is 0. The van der Waals surface area contributed by atoms with E-state index in [0.29, 0.717) is 12.1 Å². The number of benzene rings is 1. The fourth-order valence-corrected chi connectivity index (χ4v) is 2.39. The largest absolute Gasteiger partial charge is 0.369 e. The van der Waals surface area contributed by atoms with Crippen LogP contribution in [0.1, 0.15) is 23.7 Å². The number of fused-ring (bicyclic) bond motifs is 3. The zero-order chi connectivity index (χ0) is 14.8. The van der Waals surface area contributed by atoms with Crippen molar-refractivity contribution in [2.45, 2.75) is 13.3 Å². The Bertz CT molecular complexity index is 808. The van der Waals surface area contributed by atoms with Gasteiger partial charge in [-0.05, 0) is 38.1 Å². The molecule has 0 saturated heterocycles. The van der Waals surface area contributed by atoms with E-state index in [2.05, 4.69) is 20.3 Å². The van der Waals surface area contributed by atoms with Crippen molar-refractivity contribution < 1.29 is 4.79 Å². The number of carbonyl (C=O) groups is 1. The van der Waals surface area contributed by atoms with Crippen molar-refractivity contribution in [1.29, 1.82) is 0 Å². The van der Waals surface area contributed by atoms with E-state index in [4.69, 9.17) is 5.73 Å². The number of hydrogen-bond acceptors (Lipinski definition) is 5. The van der Waals surface area contributed by atoms with E-state index < -0.39 is 0 Å². The Kier molecular flexibility index (Phi) is 3.53. The number of ketones is 1. The second-order valence-electron chi connectivity index (χ2n) is 4.96. The zero-order valence-corrected chi connectivity index (χ0v) is 11.8. The number of Topliss-reactive ketones (excluding diaryl/α,β-unsaturated/α-hetero) is 1. The summed E-state index contributed by atoms with van der Waals surface area (Å²) in [6.45, 7) is 2.94. The molecular weight excluding hydrogens is 266 g/mol. The van der Waals surface area contributed by atoms with Gasteiger partial charge in [0.1, 0.15) is 17.8 Å². The highest BCUT2D eigenvalue weighted by molar-refractivity contribution is 6.13. The molecule has 0 aliphatic rings. The molecule has 4 N–H and O–H groups in total. The predicted octanol–water partition coefficient (Wildman–Crippen LogP) is 2.07.